The first-order valence-corrected chi connectivity index (χ1v) is 10.8. The van der Waals surface area contributed by atoms with Crippen LogP contribution in [0.1, 0.15) is 34.4 Å². The van der Waals surface area contributed by atoms with Gasteiger partial charge >= 0.3 is 5.69 Å². The van der Waals surface area contributed by atoms with Crippen LogP contribution in [0.3, 0.4) is 0 Å². The maximum absolute atomic E-state index is 13.2. The molecule has 4 aromatic rings. The fraction of sp³-hybridized carbons (Fsp3) is 0.273. The highest BCUT2D eigenvalue weighted by Crippen LogP contribution is 2.29. The van der Waals surface area contributed by atoms with Crippen LogP contribution in [0.2, 0.25) is 0 Å². The van der Waals surface area contributed by atoms with Gasteiger partial charge in [0.05, 0.1) is 15.9 Å². The second-order valence-corrected chi connectivity index (χ2v) is 8.54. The van der Waals surface area contributed by atoms with Crippen molar-refractivity contribution in [3.63, 3.8) is 0 Å². The summed E-state index contributed by atoms with van der Waals surface area (Å²) in [5.41, 5.74) is 1.47. The van der Waals surface area contributed by atoms with Gasteiger partial charge in [0.15, 0.2) is 5.01 Å². The highest BCUT2D eigenvalue weighted by Gasteiger charge is 2.31. The maximum atomic E-state index is 13.2. The van der Waals surface area contributed by atoms with Crippen molar-refractivity contribution >= 4 is 27.5 Å². The molecule has 0 saturated carbocycles. The third kappa shape index (κ3) is 3.23. The molecule has 152 valence electrons. The molecule has 1 unspecified atom stereocenters. The summed E-state index contributed by atoms with van der Waals surface area (Å²) < 4.78 is 4.05. The second kappa shape index (κ2) is 7.53. The van der Waals surface area contributed by atoms with Crippen molar-refractivity contribution in [3.8, 4) is 5.69 Å². The Labute approximate surface area is 177 Å². The number of thiazole rings is 1. The summed E-state index contributed by atoms with van der Waals surface area (Å²) in [5, 5.41) is 5.04. The van der Waals surface area contributed by atoms with Crippen molar-refractivity contribution in [1.29, 1.82) is 0 Å². The number of likely N-dealkylation sites (tertiary alicyclic amines) is 1. The van der Waals surface area contributed by atoms with Gasteiger partial charge in [0, 0.05) is 26.1 Å². The van der Waals surface area contributed by atoms with Crippen LogP contribution < -0.4 is 5.69 Å². The lowest BCUT2D eigenvalue weighted by Crippen LogP contribution is -2.40. The Balaban J connectivity index is 1.46. The molecule has 0 N–H and O–H groups in total. The number of rotatable bonds is 3. The summed E-state index contributed by atoms with van der Waals surface area (Å²) in [4.78, 5) is 32.3. The number of nitrogens with zero attached hydrogens (tertiary/aromatic N) is 5. The minimum absolute atomic E-state index is 0.00816. The van der Waals surface area contributed by atoms with Crippen LogP contribution in [0.25, 0.3) is 15.9 Å². The van der Waals surface area contributed by atoms with E-state index in [2.05, 4.69) is 10.1 Å². The van der Waals surface area contributed by atoms with E-state index in [9.17, 15) is 9.59 Å². The van der Waals surface area contributed by atoms with Gasteiger partial charge in [-0.15, -0.1) is 11.3 Å². The third-order valence-corrected chi connectivity index (χ3v) is 6.54. The monoisotopic (exact) mass is 419 g/mol. The van der Waals surface area contributed by atoms with E-state index in [1.54, 1.807) is 11.6 Å². The van der Waals surface area contributed by atoms with Crippen LogP contribution in [0.15, 0.2) is 59.4 Å². The zero-order chi connectivity index (χ0) is 20.7. The molecule has 3 heterocycles. The lowest BCUT2D eigenvalue weighted by molar-refractivity contribution is 0.0703. The quantitative estimate of drug-likeness (QED) is 0.511. The number of para-hydroxylation sites is 2. The number of carbonyl (C=O) groups is 1. The Bertz CT molecular complexity index is 1240. The lowest BCUT2D eigenvalue weighted by atomic mass is 9.97. The molecule has 30 heavy (non-hydrogen) atoms. The van der Waals surface area contributed by atoms with E-state index < -0.39 is 0 Å². The number of piperidine rings is 1. The highest BCUT2D eigenvalue weighted by molar-refractivity contribution is 7.20. The number of amides is 1. The summed E-state index contributed by atoms with van der Waals surface area (Å²) in [7, 11) is 1.66. The summed E-state index contributed by atoms with van der Waals surface area (Å²) in [6, 6.07) is 17.3. The Morgan fingerprint density at radius 2 is 1.87 bits per heavy atom. The first-order valence-electron chi connectivity index (χ1n) is 9.98. The number of hydrogen-bond donors (Lipinski definition) is 0. The third-order valence-electron chi connectivity index (χ3n) is 5.51. The van der Waals surface area contributed by atoms with Crippen molar-refractivity contribution in [3.05, 3.63) is 75.9 Å². The minimum atomic E-state index is -0.175. The van der Waals surface area contributed by atoms with E-state index in [1.807, 2.05) is 59.5 Å². The zero-order valence-electron chi connectivity index (χ0n) is 16.6. The number of carbonyl (C=O) groups excluding carboxylic acids is 1. The Morgan fingerprint density at radius 1 is 1.10 bits per heavy atom. The average Bonchev–Trinajstić information content (AvgIpc) is 3.35. The predicted molar refractivity (Wildman–Crippen MR) is 116 cm³/mol. The van der Waals surface area contributed by atoms with Gasteiger partial charge in [0.1, 0.15) is 5.82 Å². The fourth-order valence-corrected chi connectivity index (χ4v) is 4.97. The van der Waals surface area contributed by atoms with Crippen LogP contribution in [0.5, 0.6) is 0 Å². The van der Waals surface area contributed by atoms with Gasteiger partial charge in [-0.2, -0.15) is 5.10 Å². The lowest BCUT2D eigenvalue weighted by Gasteiger charge is -2.31. The molecule has 1 fully saturated rings. The molecular weight excluding hydrogens is 398 g/mol. The normalized spacial score (nSPS) is 16.8. The second-order valence-electron chi connectivity index (χ2n) is 7.51. The van der Waals surface area contributed by atoms with Crippen molar-refractivity contribution in [2.75, 3.05) is 13.1 Å². The molecule has 1 amide bonds. The van der Waals surface area contributed by atoms with Crippen molar-refractivity contribution < 1.29 is 4.79 Å². The molecule has 1 aliphatic heterocycles. The molecule has 5 rings (SSSR count). The van der Waals surface area contributed by atoms with Gasteiger partial charge in [0.2, 0.25) is 0 Å². The zero-order valence-corrected chi connectivity index (χ0v) is 17.4. The molecular formula is C22H21N5O2S. The molecule has 0 aliphatic carbocycles. The number of benzene rings is 2. The van der Waals surface area contributed by atoms with Gasteiger partial charge < -0.3 is 4.90 Å². The molecule has 0 bridgehead atoms. The maximum Gasteiger partial charge on any atom is 0.350 e. The van der Waals surface area contributed by atoms with Gasteiger partial charge in [-0.05, 0) is 37.1 Å². The Morgan fingerprint density at radius 3 is 2.67 bits per heavy atom. The van der Waals surface area contributed by atoms with Crippen LogP contribution in [-0.4, -0.2) is 43.2 Å². The van der Waals surface area contributed by atoms with Crippen LogP contribution in [0.4, 0.5) is 0 Å². The molecule has 7 nitrogen and oxygen atoms in total. The standard InChI is InChI=1S/C22H21N5O2S/c1-25-22(29)27(16-9-3-2-4-10-16)19(24-25)15-8-7-13-26(14-15)21(28)20-23-17-11-5-6-12-18(17)30-20/h2-6,9-12,15H,7-8,13-14H2,1H3. The molecule has 2 aromatic carbocycles. The average molecular weight is 420 g/mol. The fourth-order valence-electron chi connectivity index (χ4n) is 4.04. The smallest absolute Gasteiger partial charge is 0.336 e. The van der Waals surface area contributed by atoms with Gasteiger partial charge in [-0.25, -0.2) is 19.0 Å². The summed E-state index contributed by atoms with van der Waals surface area (Å²) in [6.07, 6.45) is 1.74. The van der Waals surface area contributed by atoms with E-state index in [1.165, 1.54) is 16.0 Å². The van der Waals surface area contributed by atoms with Crippen LogP contribution >= 0.6 is 11.3 Å². The molecule has 8 heteroatoms. The first kappa shape index (κ1) is 18.7. The van der Waals surface area contributed by atoms with Crippen LogP contribution in [-0.2, 0) is 7.05 Å². The molecule has 1 aliphatic rings. The van der Waals surface area contributed by atoms with Crippen molar-refractivity contribution in [2.24, 2.45) is 7.05 Å². The summed E-state index contributed by atoms with van der Waals surface area (Å²) >= 11 is 1.43. The van der Waals surface area contributed by atoms with E-state index >= 15 is 0 Å². The molecule has 1 saturated heterocycles. The number of hydrogen-bond acceptors (Lipinski definition) is 5. The van der Waals surface area contributed by atoms with E-state index in [0.717, 1.165) is 28.7 Å². The van der Waals surface area contributed by atoms with Crippen molar-refractivity contribution in [1.82, 2.24) is 24.2 Å². The molecule has 0 spiro atoms. The summed E-state index contributed by atoms with van der Waals surface area (Å²) in [6.45, 7) is 1.21. The molecule has 2 aromatic heterocycles. The molecule has 0 radical (unpaired) electrons. The van der Waals surface area contributed by atoms with E-state index in [4.69, 9.17) is 0 Å². The Hall–Kier alpha value is -3.26. The van der Waals surface area contributed by atoms with Gasteiger partial charge in [-0.3, -0.25) is 4.79 Å². The molecule has 1 atom stereocenters. The predicted octanol–water partition coefficient (Wildman–Crippen LogP) is 3.20. The Kier molecular flexibility index (Phi) is 4.71. The number of aromatic nitrogens is 4. The first-order chi connectivity index (χ1) is 14.6. The number of aryl methyl sites for hydroxylation is 1. The number of fused-ring (bicyclic) bond motifs is 1. The van der Waals surface area contributed by atoms with Gasteiger partial charge in [0.25, 0.3) is 5.91 Å². The SMILES string of the molecule is Cn1nc(C2CCCN(C(=O)c3nc4ccccc4s3)C2)n(-c2ccccc2)c1=O. The highest BCUT2D eigenvalue weighted by atomic mass is 32.1. The van der Waals surface area contributed by atoms with Crippen molar-refractivity contribution in [2.45, 2.75) is 18.8 Å². The van der Waals surface area contributed by atoms with E-state index in [0.29, 0.717) is 23.9 Å². The topological polar surface area (TPSA) is 73.0 Å². The van der Waals surface area contributed by atoms with Crippen LogP contribution in [0, 0.1) is 0 Å². The van der Waals surface area contributed by atoms with Gasteiger partial charge in [-0.1, -0.05) is 30.3 Å². The van der Waals surface area contributed by atoms with E-state index in [-0.39, 0.29) is 17.5 Å². The summed E-state index contributed by atoms with van der Waals surface area (Å²) in [5.74, 6) is 0.645. The minimum Gasteiger partial charge on any atom is -0.336 e. The largest absolute Gasteiger partial charge is 0.350 e.